The second-order valence-corrected chi connectivity index (χ2v) is 36.4. The molecule has 139 heavy (non-hydrogen) atoms. The number of H-pyrrole nitrogens is 2. The number of aromatic hydroxyl groups is 4. The highest BCUT2D eigenvalue weighted by Gasteiger charge is 2.30. The lowest BCUT2D eigenvalue weighted by Crippen LogP contribution is -2.41. The van der Waals surface area contributed by atoms with Gasteiger partial charge in [0.05, 0.1) is 72.4 Å². The largest absolute Gasteiger partial charge is 0.508 e. The SMILES string of the molecule is CC(C)c1cc(-c2n[nH]c(=O)n2-c2ccc3c(ccn3CCC3CCNCC3)c2)c(O)cc1O.CNC(=O)c1ccccc1Sc1ccc2c(/C=C/c3ccccn3)nn(C(=O)N3CCC(CCn4ccc5cc(-n6c(-c7cc(C(C)C)c(O)cc7O)n[nH]c6=O)ccc54)CC3)c2c1.CNC(=O)c1ccccc1Sc1ccc2c(/C=C/c3ccccn3)nn(C(=O)Oc3ccc([N+](=O)[O-])cc3)c2c1.Cl. The molecule has 3 amide bonds. The van der Waals surface area contributed by atoms with Crippen LogP contribution in [0.1, 0.15) is 133 Å². The van der Waals surface area contributed by atoms with Crippen molar-refractivity contribution in [1.29, 1.82) is 0 Å². The summed E-state index contributed by atoms with van der Waals surface area (Å²) in [5, 5.41) is 88.0. The molecule has 0 atom stereocenters. The van der Waals surface area contributed by atoms with Gasteiger partial charge in [0.2, 0.25) is 0 Å². The molecule has 10 heterocycles. The predicted molar refractivity (Wildman–Crippen MR) is 540 cm³/mol. The van der Waals surface area contributed by atoms with Crippen molar-refractivity contribution in [2.45, 2.75) is 111 Å². The Hall–Kier alpha value is -15.9. The first-order valence-corrected chi connectivity index (χ1v) is 46.9. The number of phenols is 4. The number of pyridine rings is 2. The second kappa shape index (κ2) is 43.0. The number of nitrogens with one attached hydrogen (secondary N) is 5. The molecule has 2 fully saturated rings. The van der Waals surface area contributed by atoms with Crippen molar-refractivity contribution in [3.8, 4) is 62.9 Å². The summed E-state index contributed by atoms with van der Waals surface area (Å²) in [6.07, 6.45) is 20.4. The average Bonchev–Trinajstić information content (AvgIpc) is 1.64. The minimum Gasteiger partial charge on any atom is -0.508 e. The van der Waals surface area contributed by atoms with Gasteiger partial charge in [0, 0.05) is 141 Å². The molecule has 0 saturated carbocycles. The van der Waals surface area contributed by atoms with Gasteiger partial charge in [-0.25, -0.2) is 38.5 Å². The van der Waals surface area contributed by atoms with Crippen LogP contribution >= 0.6 is 35.9 Å². The number of hydrogen-bond acceptors (Lipinski definition) is 22. The molecule has 35 heteroatoms. The van der Waals surface area contributed by atoms with Gasteiger partial charge < -0.3 is 55.1 Å². The average molecular weight is 1920 g/mol. The molecule has 17 aromatic rings. The molecule has 0 aliphatic carbocycles. The number of nitro benzene ring substituents is 1. The lowest BCUT2D eigenvalue weighted by Gasteiger charge is -2.32. The van der Waals surface area contributed by atoms with Gasteiger partial charge in [-0.1, -0.05) is 87.6 Å². The van der Waals surface area contributed by atoms with Gasteiger partial charge in [-0.15, -0.1) is 12.4 Å². The van der Waals surface area contributed by atoms with E-state index in [4.69, 9.17) is 9.84 Å². The van der Waals surface area contributed by atoms with Gasteiger partial charge in [0.15, 0.2) is 11.6 Å². The summed E-state index contributed by atoms with van der Waals surface area (Å²) in [6, 6.07) is 64.2. The van der Waals surface area contributed by atoms with Crippen molar-refractivity contribution < 1.29 is 49.3 Å². The minimum atomic E-state index is -0.788. The van der Waals surface area contributed by atoms with Crippen LogP contribution in [0.5, 0.6) is 28.7 Å². The summed E-state index contributed by atoms with van der Waals surface area (Å²) in [5.74, 6) is 1.21. The van der Waals surface area contributed by atoms with Gasteiger partial charge in [0.1, 0.15) is 28.7 Å². The molecule has 9 N–H and O–H groups in total. The van der Waals surface area contributed by atoms with E-state index in [1.807, 2.05) is 184 Å². The molecule has 0 unspecified atom stereocenters. The standard InChI is InChI=1S/C49H47N9O5S.C29H21N5O5S.C26H31N5O3.ClH/c1-30(2)38-28-39(44(60)29-43(38)59)46-52-53-48(62)57(46)34-12-16-41-32(26-34)20-25-55(41)22-17-31-18-23-56(24-19-31)49(63)58-42-27-35(64-45-10-5-4-9-37(45)47(61)50-3)13-14-36(42)40(54-58)15-11-33-8-6-7-21-51-33;1-30-28(35)24-7-2-3-8-27(24)40-22-14-15-23-25(16-9-19-6-4-5-17-31-19)32-33(26(23)18-22)29(36)39-21-12-10-20(11-13-21)34(37)38;1-16(2)20-14-21(24(33)15-23(20)32)25-28-29-26(34)31(25)19-3-4-22-18(13-19)8-12-30(22)11-7-17-5-9-27-10-6-17;/h4-16,20-21,25-31,59-60H,17-19,22-24H2,1-3H3,(H,50,61)(H,53,62);2-18H,1H3,(H,30,35);3-4,8,12-17,27,32-33H,5-7,9-11H2,1-2H3,(H,29,34);1H/b15-11+;16-9+;;. The number of likely N-dealkylation sites (tertiary alicyclic amines) is 1. The molecule has 9 aromatic carbocycles. The number of piperidine rings is 2. The van der Waals surface area contributed by atoms with E-state index in [9.17, 15) is 59.3 Å². The zero-order valence-electron chi connectivity index (χ0n) is 76.6. The maximum absolute atomic E-state index is 14.3. The van der Waals surface area contributed by atoms with Crippen LogP contribution < -0.4 is 32.1 Å². The number of non-ortho nitro benzene ring substituents is 1. The van der Waals surface area contributed by atoms with Crippen molar-refractivity contribution in [2.24, 2.45) is 11.8 Å². The Kier molecular flexibility index (Phi) is 29.8. The molecule has 19 rings (SSSR count). The van der Waals surface area contributed by atoms with Gasteiger partial charge in [-0.05, 0) is 268 Å². The van der Waals surface area contributed by atoms with Crippen LogP contribution in [0.25, 0.3) is 102 Å². The van der Waals surface area contributed by atoms with E-state index in [1.54, 1.807) is 75.0 Å². The highest BCUT2D eigenvalue weighted by Crippen LogP contribution is 2.42. The smallest absolute Gasteiger partial charge is 0.440 e. The van der Waals surface area contributed by atoms with E-state index in [0.29, 0.717) is 97.4 Å². The lowest BCUT2D eigenvalue weighted by atomic mass is 9.93. The Morgan fingerprint density at radius 1 is 0.518 bits per heavy atom. The molecule has 32 nitrogen and oxygen atoms in total. The zero-order valence-corrected chi connectivity index (χ0v) is 79.1. The first-order chi connectivity index (χ1) is 66.9. The summed E-state index contributed by atoms with van der Waals surface area (Å²) < 4.78 is 15.5. The molecule has 0 bridgehead atoms. The van der Waals surface area contributed by atoms with Crippen LogP contribution in [0.4, 0.5) is 15.3 Å². The Morgan fingerprint density at radius 2 is 0.971 bits per heavy atom. The van der Waals surface area contributed by atoms with Crippen molar-refractivity contribution in [3.05, 3.63) is 319 Å². The number of carbonyl (C=O) groups excluding carboxylic acids is 4. The Bertz CT molecular complexity index is 7610. The number of nitro groups is 1. The summed E-state index contributed by atoms with van der Waals surface area (Å²) in [7, 11) is 3.19. The number of halogens is 1. The molecule has 0 spiro atoms. The Balaban J connectivity index is 0.000000160. The van der Waals surface area contributed by atoms with E-state index in [2.05, 4.69) is 79.0 Å². The number of aromatic nitrogens is 14. The summed E-state index contributed by atoms with van der Waals surface area (Å²) in [4.78, 5) is 103. The van der Waals surface area contributed by atoms with Crippen LogP contribution in [0.2, 0.25) is 0 Å². The summed E-state index contributed by atoms with van der Waals surface area (Å²) in [6.45, 7) is 13.0. The lowest BCUT2D eigenvalue weighted by molar-refractivity contribution is -0.384. The monoisotopic (exact) mass is 1920 g/mol. The molecule has 2 aliphatic rings. The van der Waals surface area contributed by atoms with Gasteiger partial charge in [-0.2, -0.15) is 29.8 Å². The maximum atomic E-state index is 14.3. The number of nitrogens with zero attached hydrogens (tertiary/aromatic N) is 14. The quantitative estimate of drug-likeness (QED) is 0.0200. The highest BCUT2D eigenvalue weighted by molar-refractivity contribution is 7.99. The van der Waals surface area contributed by atoms with Crippen molar-refractivity contribution in [1.82, 2.24) is 89.0 Å². The molecule has 0 radical (unpaired) electrons. The molecule has 2 aliphatic heterocycles. The maximum Gasteiger partial charge on any atom is 0.440 e. The number of ether oxygens (including phenoxy) is 1. The minimum absolute atomic E-state index is 0. The fourth-order valence-electron chi connectivity index (χ4n) is 17.3. The number of fused-ring (bicyclic) bond motifs is 4. The van der Waals surface area contributed by atoms with Crippen LogP contribution in [0.15, 0.2) is 272 Å². The third-order valence-corrected chi connectivity index (χ3v) is 26.8. The Labute approximate surface area is 811 Å². The topological polar surface area (TPSA) is 414 Å². The summed E-state index contributed by atoms with van der Waals surface area (Å²) >= 11 is 2.84. The Morgan fingerprint density at radius 3 is 1.42 bits per heavy atom. The first-order valence-electron chi connectivity index (χ1n) is 45.2. The van der Waals surface area contributed by atoms with E-state index in [1.165, 1.54) is 86.6 Å². The number of hydrogen-bond donors (Lipinski definition) is 9. The fraction of sp³-hybridized carbons (Fsp3) is 0.212. The predicted octanol–water partition coefficient (Wildman–Crippen LogP) is 19.5. The fourth-order valence-corrected chi connectivity index (χ4v) is 19.2. The third kappa shape index (κ3) is 21.5. The number of rotatable bonds is 24. The molecule has 708 valence electrons. The molecule has 8 aromatic heterocycles. The van der Waals surface area contributed by atoms with E-state index in [-0.39, 0.29) is 82.3 Å². The van der Waals surface area contributed by atoms with Crippen molar-refractivity contribution >= 4 is 133 Å². The van der Waals surface area contributed by atoms with Gasteiger partial charge >= 0.3 is 23.5 Å². The van der Waals surface area contributed by atoms with Crippen LogP contribution in [-0.4, -0.2) is 163 Å². The van der Waals surface area contributed by atoms with Crippen LogP contribution in [0.3, 0.4) is 0 Å². The number of aryl methyl sites for hydroxylation is 2. The first kappa shape index (κ1) is 96.2. The van der Waals surface area contributed by atoms with Crippen molar-refractivity contribution in [2.75, 3.05) is 40.3 Å². The van der Waals surface area contributed by atoms with Gasteiger partial charge in [0.25, 0.3) is 17.5 Å². The van der Waals surface area contributed by atoms with Gasteiger partial charge in [-0.3, -0.25) is 29.7 Å². The molecular formula is C104H100ClN19O13S2. The van der Waals surface area contributed by atoms with E-state index >= 15 is 0 Å². The van der Waals surface area contributed by atoms with Crippen LogP contribution in [0, 0.1) is 22.0 Å². The highest BCUT2D eigenvalue weighted by atomic mass is 35.5. The van der Waals surface area contributed by atoms with Crippen LogP contribution in [-0.2, 0) is 13.1 Å². The van der Waals surface area contributed by atoms with E-state index in [0.717, 1.165) is 121 Å². The molecular weight excluding hydrogens is 1820 g/mol. The van der Waals surface area contributed by atoms with Crippen molar-refractivity contribution in [3.63, 3.8) is 0 Å². The number of benzene rings is 9. The summed E-state index contributed by atoms with van der Waals surface area (Å²) in [5.41, 5.74) is 9.45. The van der Waals surface area contributed by atoms with E-state index < -0.39 is 22.4 Å². The molecule has 2 saturated heterocycles. The second-order valence-electron chi connectivity index (χ2n) is 34.1. The number of phenolic OH excluding ortho intramolecular Hbond substituents is 4. The number of aromatic amines is 2. The number of amides is 3. The number of carbonyl (C=O) groups is 4. The third-order valence-electron chi connectivity index (χ3n) is 24.6. The normalized spacial score (nSPS) is 13.0. The zero-order chi connectivity index (χ0) is 96.4.